The molecule has 0 saturated carbocycles. The van der Waals surface area contributed by atoms with Crippen LogP contribution in [0.2, 0.25) is 0 Å². The molecule has 2 rings (SSSR count). The molecule has 0 aliphatic heterocycles. The van der Waals surface area contributed by atoms with Crippen molar-refractivity contribution in [2.24, 2.45) is 0 Å². The number of para-hydroxylation sites is 1. The molecule has 0 atom stereocenters. The Bertz CT molecular complexity index is 639. The van der Waals surface area contributed by atoms with Crippen molar-refractivity contribution in [1.29, 1.82) is 0 Å². The number of rotatable bonds is 2. The van der Waals surface area contributed by atoms with Crippen LogP contribution in [0.5, 0.6) is 0 Å². The van der Waals surface area contributed by atoms with Crippen LogP contribution in [0.25, 0.3) is 10.9 Å². The maximum Gasteiger partial charge on any atom is 0.357 e. The summed E-state index contributed by atoms with van der Waals surface area (Å²) in [5.74, 6) is -0.0157. The van der Waals surface area contributed by atoms with Crippen LogP contribution in [0.15, 0.2) is 30.3 Å². The smallest absolute Gasteiger partial charge is 0.357 e. The number of aromatic nitrogens is 1. The Morgan fingerprint density at radius 3 is 2.45 bits per heavy atom. The molecule has 0 amide bonds. The average molecular weight is 271 g/mol. The molecule has 1 aromatic heterocycles. The first kappa shape index (κ1) is 14.5. The Labute approximate surface area is 120 Å². The lowest BCUT2D eigenvalue weighted by Gasteiger charge is -2.19. The van der Waals surface area contributed by atoms with E-state index in [1.54, 1.807) is 6.07 Å². The van der Waals surface area contributed by atoms with Crippen molar-refractivity contribution >= 4 is 16.9 Å². The molecule has 20 heavy (non-hydrogen) atoms. The Balaban J connectivity index is 2.47. The van der Waals surface area contributed by atoms with Gasteiger partial charge < -0.3 is 4.74 Å². The van der Waals surface area contributed by atoms with Gasteiger partial charge in [-0.05, 0) is 38.3 Å². The largest absolute Gasteiger partial charge is 0.455 e. The van der Waals surface area contributed by atoms with E-state index in [-0.39, 0.29) is 5.97 Å². The summed E-state index contributed by atoms with van der Waals surface area (Å²) in [4.78, 5) is 16.6. The molecular weight excluding hydrogens is 250 g/mol. The standard InChI is InChI=1S/C17H21NO2/c1-11(2)13-8-6-7-12-9-10-14(18-15(12)13)16(19)20-17(3,4)5/h6-11H,1-5H3. The van der Waals surface area contributed by atoms with E-state index in [1.165, 1.54) is 0 Å². The number of esters is 1. The summed E-state index contributed by atoms with van der Waals surface area (Å²) >= 11 is 0. The molecule has 1 heterocycles. The summed E-state index contributed by atoms with van der Waals surface area (Å²) in [7, 11) is 0. The maximum atomic E-state index is 12.1. The Hall–Kier alpha value is -1.90. The fraction of sp³-hybridized carbons (Fsp3) is 0.412. The van der Waals surface area contributed by atoms with Gasteiger partial charge in [0.1, 0.15) is 11.3 Å². The van der Waals surface area contributed by atoms with Crippen molar-refractivity contribution in [2.45, 2.75) is 46.1 Å². The van der Waals surface area contributed by atoms with Crippen LogP contribution in [0.3, 0.4) is 0 Å². The molecule has 0 aliphatic rings. The number of ether oxygens (including phenoxy) is 1. The SMILES string of the molecule is CC(C)c1cccc2ccc(C(=O)OC(C)(C)C)nc12. The van der Waals surface area contributed by atoms with Gasteiger partial charge in [0.2, 0.25) is 0 Å². The second-order valence-electron chi connectivity index (χ2n) is 6.27. The van der Waals surface area contributed by atoms with Crippen molar-refractivity contribution in [2.75, 3.05) is 0 Å². The number of nitrogens with zero attached hydrogens (tertiary/aromatic N) is 1. The van der Waals surface area contributed by atoms with E-state index in [2.05, 4.69) is 24.9 Å². The lowest BCUT2D eigenvalue weighted by atomic mass is 9.99. The van der Waals surface area contributed by atoms with Gasteiger partial charge in [-0.25, -0.2) is 9.78 Å². The van der Waals surface area contributed by atoms with Gasteiger partial charge in [0, 0.05) is 5.39 Å². The van der Waals surface area contributed by atoms with Crippen LogP contribution in [0.4, 0.5) is 0 Å². The predicted octanol–water partition coefficient (Wildman–Crippen LogP) is 4.31. The van der Waals surface area contributed by atoms with Crippen molar-refractivity contribution in [3.8, 4) is 0 Å². The molecular formula is C17H21NO2. The lowest BCUT2D eigenvalue weighted by molar-refractivity contribution is 0.00633. The molecule has 2 aromatic rings. The van der Waals surface area contributed by atoms with Gasteiger partial charge in [0.05, 0.1) is 5.52 Å². The van der Waals surface area contributed by atoms with Crippen molar-refractivity contribution in [3.63, 3.8) is 0 Å². The van der Waals surface area contributed by atoms with E-state index in [4.69, 9.17) is 4.74 Å². The van der Waals surface area contributed by atoms with Crippen molar-refractivity contribution < 1.29 is 9.53 Å². The number of pyridine rings is 1. The Morgan fingerprint density at radius 2 is 1.85 bits per heavy atom. The number of carbonyl (C=O) groups is 1. The summed E-state index contributed by atoms with van der Waals surface area (Å²) in [6.45, 7) is 9.80. The Kier molecular flexibility index (Phi) is 3.80. The van der Waals surface area contributed by atoms with E-state index in [1.807, 2.05) is 39.0 Å². The highest BCUT2D eigenvalue weighted by Gasteiger charge is 2.19. The minimum absolute atomic E-state index is 0.361. The predicted molar refractivity (Wildman–Crippen MR) is 81.0 cm³/mol. The summed E-state index contributed by atoms with van der Waals surface area (Å²) in [5, 5.41) is 1.04. The molecule has 0 spiro atoms. The normalized spacial score (nSPS) is 11.9. The van der Waals surface area contributed by atoms with E-state index < -0.39 is 5.60 Å². The molecule has 0 saturated heterocycles. The fourth-order valence-corrected chi connectivity index (χ4v) is 2.08. The highest BCUT2D eigenvalue weighted by molar-refractivity contribution is 5.92. The summed E-state index contributed by atoms with van der Waals surface area (Å²) in [5.41, 5.74) is 1.88. The first-order chi connectivity index (χ1) is 9.28. The molecule has 106 valence electrons. The van der Waals surface area contributed by atoms with Gasteiger partial charge in [0.25, 0.3) is 0 Å². The third kappa shape index (κ3) is 3.16. The lowest BCUT2D eigenvalue weighted by Crippen LogP contribution is -2.24. The minimum Gasteiger partial charge on any atom is -0.455 e. The summed E-state index contributed by atoms with van der Waals surface area (Å²) < 4.78 is 5.37. The molecule has 0 radical (unpaired) electrons. The van der Waals surface area contributed by atoms with Gasteiger partial charge >= 0.3 is 5.97 Å². The molecule has 1 aromatic carbocycles. The Morgan fingerprint density at radius 1 is 1.15 bits per heavy atom. The monoisotopic (exact) mass is 271 g/mol. The maximum absolute atomic E-state index is 12.1. The molecule has 0 fully saturated rings. The second kappa shape index (κ2) is 5.23. The van der Waals surface area contributed by atoms with Crippen LogP contribution in [-0.2, 0) is 4.74 Å². The first-order valence-corrected chi connectivity index (χ1v) is 6.91. The zero-order valence-electron chi connectivity index (χ0n) is 12.7. The van der Waals surface area contributed by atoms with Crippen LogP contribution in [-0.4, -0.2) is 16.6 Å². The molecule has 0 aliphatic carbocycles. The number of hydrogen-bond acceptors (Lipinski definition) is 3. The summed E-state index contributed by atoms with van der Waals surface area (Å²) in [6, 6.07) is 9.73. The molecule has 0 unspecified atom stereocenters. The number of benzene rings is 1. The van der Waals surface area contributed by atoms with Crippen molar-refractivity contribution in [1.82, 2.24) is 4.98 Å². The van der Waals surface area contributed by atoms with Crippen molar-refractivity contribution in [3.05, 3.63) is 41.6 Å². The number of fused-ring (bicyclic) bond motifs is 1. The second-order valence-corrected chi connectivity index (χ2v) is 6.27. The molecule has 3 heteroatoms. The first-order valence-electron chi connectivity index (χ1n) is 6.91. The van der Waals surface area contributed by atoms with Gasteiger partial charge in [-0.15, -0.1) is 0 Å². The van der Waals surface area contributed by atoms with E-state index in [9.17, 15) is 4.79 Å². The van der Waals surface area contributed by atoms with Crippen LogP contribution >= 0.6 is 0 Å². The van der Waals surface area contributed by atoms with E-state index in [0.717, 1.165) is 16.5 Å². The van der Waals surface area contributed by atoms with E-state index >= 15 is 0 Å². The quantitative estimate of drug-likeness (QED) is 0.764. The highest BCUT2D eigenvalue weighted by atomic mass is 16.6. The molecule has 0 bridgehead atoms. The highest BCUT2D eigenvalue weighted by Crippen LogP contribution is 2.24. The van der Waals surface area contributed by atoms with E-state index in [0.29, 0.717) is 11.6 Å². The van der Waals surface area contributed by atoms with Crippen LogP contribution < -0.4 is 0 Å². The third-order valence-corrected chi connectivity index (χ3v) is 2.98. The van der Waals surface area contributed by atoms with Gasteiger partial charge in [-0.2, -0.15) is 0 Å². The third-order valence-electron chi connectivity index (χ3n) is 2.98. The van der Waals surface area contributed by atoms with Crippen LogP contribution in [0, 0.1) is 0 Å². The minimum atomic E-state index is -0.509. The summed E-state index contributed by atoms with van der Waals surface area (Å²) in [6.07, 6.45) is 0. The van der Waals surface area contributed by atoms with Gasteiger partial charge in [-0.3, -0.25) is 0 Å². The molecule has 3 nitrogen and oxygen atoms in total. The number of carbonyl (C=O) groups excluding carboxylic acids is 1. The van der Waals surface area contributed by atoms with Gasteiger partial charge in [-0.1, -0.05) is 38.1 Å². The zero-order chi connectivity index (χ0) is 14.9. The average Bonchev–Trinajstić information content (AvgIpc) is 2.35. The molecule has 0 N–H and O–H groups in total. The zero-order valence-corrected chi connectivity index (χ0v) is 12.7. The van der Waals surface area contributed by atoms with Crippen LogP contribution in [0.1, 0.15) is 56.6 Å². The fourth-order valence-electron chi connectivity index (χ4n) is 2.08. The number of hydrogen-bond donors (Lipinski definition) is 0. The van der Waals surface area contributed by atoms with Gasteiger partial charge in [0.15, 0.2) is 0 Å². The topological polar surface area (TPSA) is 39.2 Å².